The van der Waals surface area contributed by atoms with Crippen LogP contribution < -0.4 is 10.2 Å². The standard InChI is InChI=1S/C28H25FN4O2S/c1-17-15-23(18(2)32(17)22-8-6-7-19(16-22)27(34)35-3)26-25(24-9-4-5-14-30-24)31-28(36)33(26)21-12-10-20(29)11-13-21/h4-16,25-26H,1-3H3,(H,31,36)/t25-,26+/m1/s1. The van der Waals surface area contributed by atoms with Crippen molar-refractivity contribution in [1.82, 2.24) is 14.9 Å². The molecule has 0 bridgehead atoms. The fraction of sp³-hybridized carbons (Fsp3) is 0.179. The van der Waals surface area contributed by atoms with Crippen LogP contribution in [0, 0.1) is 19.7 Å². The molecular weight excluding hydrogens is 475 g/mol. The molecule has 2 aromatic heterocycles. The van der Waals surface area contributed by atoms with E-state index in [9.17, 15) is 9.18 Å². The first-order chi connectivity index (χ1) is 17.4. The molecule has 4 aromatic rings. The average molecular weight is 501 g/mol. The van der Waals surface area contributed by atoms with E-state index in [-0.39, 0.29) is 23.9 Å². The molecule has 1 N–H and O–H groups in total. The lowest BCUT2D eigenvalue weighted by molar-refractivity contribution is 0.0600. The zero-order chi connectivity index (χ0) is 25.4. The van der Waals surface area contributed by atoms with E-state index in [1.54, 1.807) is 24.4 Å². The summed E-state index contributed by atoms with van der Waals surface area (Å²) in [4.78, 5) is 18.8. The second kappa shape index (κ2) is 9.54. The highest BCUT2D eigenvalue weighted by Crippen LogP contribution is 2.43. The SMILES string of the molecule is COC(=O)c1cccc(-n2c(C)cc([C@H]3[C@@H](c4ccccn4)NC(=S)N3c3ccc(F)cc3)c2C)c1. The first-order valence-electron chi connectivity index (χ1n) is 11.5. The Morgan fingerprint density at radius 1 is 1.03 bits per heavy atom. The summed E-state index contributed by atoms with van der Waals surface area (Å²) in [5, 5.41) is 3.98. The molecule has 0 unspecified atom stereocenters. The topological polar surface area (TPSA) is 59.4 Å². The van der Waals surface area contributed by atoms with Crippen molar-refractivity contribution in [2.45, 2.75) is 25.9 Å². The number of aromatic nitrogens is 2. The molecule has 2 aromatic carbocycles. The smallest absolute Gasteiger partial charge is 0.337 e. The Labute approximate surface area is 214 Å². The Kier molecular flexibility index (Phi) is 6.28. The molecule has 0 aliphatic carbocycles. The number of esters is 1. The summed E-state index contributed by atoms with van der Waals surface area (Å²) >= 11 is 5.78. The van der Waals surface area contributed by atoms with Gasteiger partial charge in [-0.1, -0.05) is 12.1 Å². The van der Waals surface area contributed by atoms with Crippen LogP contribution in [-0.4, -0.2) is 27.7 Å². The van der Waals surface area contributed by atoms with Gasteiger partial charge in [0, 0.05) is 29.0 Å². The van der Waals surface area contributed by atoms with Crippen molar-refractivity contribution in [2.75, 3.05) is 12.0 Å². The molecule has 0 spiro atoms. The monoisotopic (exact) mass is 500 g/mol. The number of anilines is 1. The van der Waals surface area contributed by atoms with Crippen LogP contribution in [0.2, 0.25) is 0 Å². The summed E-state index contributed by atoms with van der Waals surface area (Å²) < 4.78 is 20.8. The molecule has 1 fully saturated rings. The number of nitrogens with zero attached hydrogens (tertiary/aromatic N) is 3. The first-order valence-corrected chi connectivity index (χ1v) is 11.9. The molecule has 0 radical (unpaired) electrons. The van der Waals surface area contributed by atoms with Gasteiger partial charge in [0.2, 0.25) is 0 Å². The first kappa shape index (κ1) is 23.7. The van der Waals surface area contributed by atoms with Crippen molar-refractivity contribution in [2.24, 2.45) is 0 Å². The number of aryl methyl sites for hydroxylation is 1. The van der Waals surface area contributed by atoms with Gasteiger partial charge in [0.1, 0.15) is 5.82 Å². The molecular formula is C28H25FN4O2S. The Morgan fingerprint density at radius 2 is 1.81 bits per heavy atom. The summed E-state index contributed by atoms with van der Waals surface area (Å²) in [6.45, 7) is 4.08. The van der Waals surface area contributed by atoms with E-state index in [0.29, 0.717) is 10.7 Å². The number of methoxy groups -OCH3 is 1. The molecule has 36 heavy (non-hydrogen) atoms. The lowest BCUT2D eigenvalue weighted by Crippen LogP contribution is -2.29. The van der Waals surface area contributed by atoms with Gasteiger partial charge < -0.3 is 19.5 Å². The normalized spacial score (nSPS) is 17.2. The van der Waals surface area contributed by atoms with E-state index < -0.39 is 0 Å². The van der Waals surface area contributed by atoms with E-state index in [1.807, 2.05) is 55.1 Å². The number of rotatable bonds is 5. The second-order valence-electron chi connectivity index (χ2n) is 8.68. The fourth-order valence-electron chi connectivity index (χ4n) is 4.92. The van der Waals surface area contributed by atoms with Crippen molar-refractivity contribution < 1.29 is 13.9 Å². The minimum atomic E-state index is -0.387. The highest BCUT2D eigenvalue weighted by atomic mass is 32.1. The summed E-state index contributed by atoms with van der Waals surface area (Å²) in [6.07, 6.45) is 1.76. The predicted octanol–water partition coefficient (Wildman–Crippen LogP) is 5.59. The third-order valence-electron chi connectivity index (χ3n) is 6.52. The third kappa shape index (κ3) is 4.13. The van der Waals surface area contributed by atoms with Crippen LogP contribution in [0.1, 0.15) is 45.1 Å². The lowest BCUT2D eigenvalue weighted by Gasteiger charge is -2.28. The number of pyridine rings is 1. The number of thiocarbonyl (C=S) groups is 1. The maximum absolute atomic E-state index is 13.7. The minimum Gasteiger partial charge on any atom is -0.465 e. The maximum Gasteiger partial charge on any atom is 0.337 e. The number of halogens is 1. The summed E-state index contributed by atoms with van der Waals surface area (Å²) in [5.41, 5.74) is 6.02. The zero-order valence-electron chi connectivity index (χ0n) is 20.1. The van der Waals surface area contributed by atoms with Crippen molar-refractivity contribution >= 4 is 29.0 Å². The molecule has 182 valence electrons. The van der Waals surface area contributed by atoms with Gasteiger partial charge in [0.25, 0.3) is 0 Å². The van der Waals surface area contributed by atoms with E-state index in [0.717, 1.165) is 34.0 Å². The summed E-state index contributed by atoms with van der Waals surface area (Å²) in [7, 11) is 1.37. The van der Waals surface area contributed by atoms with Gasteiger partial charge in [-0.2, -0.15) is 0 Å². The van der Waals surface area contributed by atoms with Gasteiger partial charge in [-0.3, -0.25) is 4.98 Å². The second-order valence-corrected chi connectivity index (χ2v) is 9.06. The number of nitrogens with one attached hydrogen (secondary N) is 1. The fourth-order valence-corrected chi connectivity index (χ4v) is 5.27. The highest BCUT2D eigenvalue weighted by Gasteiger charge is 2.42. The van der Waals surface area contributed by atoms with Gasteiger partial charge >= 0.3 is 5.97 Å². The van der Waals surface area contributed by atoms with Gasteiger partial charge in [-0.25, -0.2) is 9.18 Å². The molecule has 0 amide bonds. The molecule has 1 aliphatic rings. The van der Waals surface area contributed by atoms with Gasteiger partial charge in [0.15, 0.2) is 5.11 Å². The lowest BCUT2D eigenvalue weighted by atomic mass is 9.96. The van der Waals surface area contributed by atoms with Crippen LogP contribution in [-0.2, 0) is 4.74 Å². The predicted molar refractivity (Wildman–Crippen MR) is 141 cm³/mol. The number of ether oxygens (including phenoxy) is 1. The van der Waals surface area contributed by atoms with Crippen LogP contribution in [0.4, 0.5) is 10.1 Å². The number of carbonyl (C=O) groups excluding carboxylic acids is 1. The number of hydrogen-bond acceptors (Lipinski definition) is 4. The molecule has 1 aliphatic heterocycles. The van der Waals surface area contributed by atoms with E-state index >= 15 is 0 Å². The number of benzene rings is 2. The van der Waals surface area contributed by atoms with E-state index in [2.05, 4.69) is 20.9 Å². The average Bonchev–Trinajstić information content (AvgIpc) is 3.39. The molecule has 0 saturated carbocycles. The third-order valence-corrected chi connectivity index (χ3v) is 6.83. The van der Waals surface area contributed by atoms with E-state index in [1.165, 1.54) is 19.2 Å². The van der Waals surface area contributed by atoms with Crippen molar-refractivity contribution in [1.29, 1.82) is 0 Å². The van der Waals surface area contributed by atoms with Crippen LogP contribution in [0.15, 0.2) is 79.0 Å². The number of carbonyl (C=O) groups is 1. The van der Waals surface area contributed by atoms with Crippen molar-refractivity contribution in [3.8, 4) is 5.69 Å². The van der Waals surface area contributed by atoms with Crippen molar-refractivity contribution in [3.05, 3.63) is 113 Å². The Hall–Kier alpha value is -4.04. The van der Waals surface area contributed by atoms with Gasteiger partial charge in [0.05, 0.1) is 30.5 Å². The van der Waals surface area contributed by atoms with Gasteiger partial charge in [-0.05, 0) is 92.3 Å². The van der Waals surface area contributed by atoms with E-state index in [4.69, 9.17) is 17.0 Å². The van der Waals surface area contributed by atoms with Crippen LogP contribution in [0.3, 0.4) is 0 Å². The Morgan fingerprint density at radius 3 is 2.50 bits per heavy atom. The summed E-state index contributed by atoms with van der Waals surface area (Å²) in [5.74, 6) is -0.694. The minimum absolute atomic E-state index is 0.223. The van der Waals surface area contributed by atoms with Crippen molar-refractivity contribution in [3.63, 3.8) is 0 Å². The highest BCUT2D eigenvalue weighted by molar-refractivity contribution is 7.80. The molecule has 8 heteroatoms. The Balaban J connectivity index is 1.66. The number of hydrogen-bond donors (Lipinski definition) is 1. The van der Waals surface area contributed by atoms with Crippen LogP contribution >= 0.6 is 12.2 Å². The quantitative estimate of drug-likeness (QED) is 0.285. The Bertz CT molecular complexity index is 1440. The largest absolute Gasteiger partial charge is 0.465 e. The molecule has 3 heterocycles. The zero-order valence-corrected chi connectivity index (χ0v) is 20.9. The van der Waals surface area contributed by atoms with Crippen LogP contribution in [0.5, 0.6) is 0 Å². The van der Waals surface area contributed by atoms with Gasteiger partial charge in [-0.15, -0.1) is 0 Å². The summed E-state index contributed by atoms with van der Waals surface area (Å²) in [6, 6.07) is 21.2. The molecule has 2 atom stereocenters. The maximum atomic E-state index is 13.7. The molecule has 1 saturated heterocycles. The molecule has 5 rings (SSSR count). The van der Waals surface area contributed by atoms with Crippen LogP contribution in [0.25, 0.3) is 5.69 Å². The molecule has 6 nitrogen and oxygen atoms in total.